The van der Waals surface area contributed by atoms with Crippen LogP contribution in [0.3, 0.4) is 0 Å². The van der Waals surface area contributed by atoms with Gasteiger partial charge >= 0.3 is 12.0 Å². The molecule has 1 aromatic heterocycles. The molecular formula is C22H17FN2O7. The Kier molecular flexibility index (Phi) is 6.02. The molecule has 0 radical (unpaired) electrons. The molecule has 2 aromatic carbocycles. The Morgan fingerprint density at radius 2 is 1.69 bits per heavy atom. The molecule has 4 rings (SSSR count). The molecule has 0 bridgehead atoms. The van der Waals surface area contributed by atoms with Gasteiger partial charge in [0, 0.05) is 17.3 Å². The van der Waals surface area contributed by atoms with E-state index in [1.165, 1.54) is 36.4 Å². The summed E-state index contributed by atoms with van der Waals surface area (Å²) in [7, 11) is 0. The lowest BCUT2D eigenvalue weighted by Gasteiger charge is -2.19. The zero-order chi connectivity index (χ0) is 22.5. The molecule has 0 spiro atoms. The summed E-state index contributed by atoms with van der Waals surface area (Å²) in [6.45, 7) is 0.145. The Morgan fingerprint density at radius 1 is 0.938 bits per heavy atom. The lowest BCUT2D eigenvalue weighted by Crippen LogP contribution is -2.37. The van der Waals surface area contributed by atoms with Crippen LogP contribution in [0.25, 0.3) is 11.3 Å². The second-order valence-corrected chi connectivity index (χ2v) is 6.61. The molecule has 3 aromatic rings. The minimum atomic E-state index is -0.888. The molecule has 0 saturated heterocycles. The number of hydrogen-bond acceptors (Lipinski definition) is 7. The predicted molar refractivity (Wildman–Crippen MR) is 109 cm³/mol. The van der Waals surface area contributed by atoms with Crippen LogP contribution in [0.2, 0.25) is 0 Å². The number of carbonyl (C=O) groups excluding carboxylic acids is 3. The molecule has 3 amide bonds. The zero-order valence-electron chi connectivity index (χ0n) is 16.6. The number of fused-ring (bicyclic) bond motifs is 1. The van der Waals surface area contributed by atoms with Gasteiger partial charge in [-0.3, -0.25) is 10.1 Å². The smallest absolute Gasteiger partial charge is 0.374 e. The van der Waals surface area contributed by atoms with Gasteiger partial charge in [0.2, 0.25) is 5.76 Å². The van der Waals surface area contributed by atoms with Crippen LogP contribution in [0.15, 0.2) is 59.0 Å². The minimum Gasteiger partial charge on any atom is -0.486 e. The average Bonchev–Trinajstić information content (AvgIpc) is 3.28. The van der Waals surface area contributed by atoms with Crippen LogP contribution in [0.1, 0.15) is 10.6 Å². The van der Waals surface area contributed by atoms with Crippen molar-refractivity contribution in [1.29, 1.82) is 0 Å². The normalized spacial score (nSPS) is 12.0. The number of nitrogens with one attached hydrogen (secondary N) is 2. The number of rotatable bonds is 5. The number of ether oxygens (including phenoxy) is 3. The van der Waals surface area contributed by atoms with Crippen molar-refractivity contribution in [3.05, 3.63) is 66.2 Å². The topological polar surface area (TPSA) is 116 Å². The Balaban J connectivity index is 1.26. The van der Waals surface area contributed by atoms with Crippen molar-refractivity contribution in [1.82, 2.24) is 5.32 Å². The largest absolute Gasteiger partial charge is 0.486 e. The highest BCUT2D eigenvalue weighted by molar-refractivity contribution is 6.02. The standard InChI is InChI=1S/C22H17FN2O7/c23-14-3-1-13(2-4-14)16-7-8-18(32-16)21(27)31-12-20(26)25-22(28)24-15-5-6-17-19(11-15)30-10-9-29-17/h1-8,11H,9-10,12H2,(H2,24,25,26,28). The number of urea groups is 1. The zero-order valence-corrected chi connectivity index (χ0v) is 16.6. The number of furan rings is 1. The highest BCUT2D eigenvalue weighted by Crippen LogP contribution is 2.32. The van der Waals surface area contributed by atoms with Gasteiger partial charge in [-0.1, -0.05) is 0 Å². The quantitative estimate of drug-likeness (QED) is 0.585. The first-order valence-corrected chi connectivity index (χ1v) is 9.51. The Morgan fingerprint density at radius 3 is 2.47 bits per heavy atom. The summed E-state index contributed by atoms with van der Waals surface area (Å²) in [6, 6.07) is 12.4. The first-order valence-electron chi connectivity index (χ1n) is 9.51. The van der Waals surface area contributed by atoms with Gasteiger partial charge in [0.1, 0.15) is 24.8 Å². The molecule has 0 atom stereocenters. The fourth-order valence-corrected chi connectivity index (χ4v) is 2.87. The van der Waals surface area contributed by atoms with Crippen molar-refractivity contribution in [2.75, 3.05) is 25.1 Å². The van der Waals surface area contributed by atoms with Crippen molar-refractivity contribution in [2.24, 2.45) is 0 Å². The maximum atomic E-state index is 13.0. The van der Waals surface area contributed by atoms with Crippen molar-refractivity contribution in [2.45, 2.75) is 0 Å². The predicted octanol–water partition coefficient (Wildman–Crippen LogP) is 3.36. The van der Waals surface area contributed by atoms with E-state index in [9.17, 15) is 18.8 Å². The fourth-order valence-electron chi connectivity index (χ4n) is 2.87. The number of anilines is 1. The summed E-state index contributed by atoms with van der Waals surface area (Å²) in [6.07, 6.45) is 0. The lowest BCUT2D eigenvalue weighted by atomic mass is 10.2. The van der Waals surface area contributed by atoms with Crippen LogP contribution in [-0.2, 0) is 9.53 Å². The van der Waals surface area contributed by atoms with E-state index in [2.05, 4.69) is 5.32 Å². The van der Waals surface area contributed by atoms with Crippen LogP contribution in [0.5, 0.6) is 11.5 Å². The van der Waals surface area contributed by atoms with Crippen molar-refractivity contribution in [3.8, 4) is 22.8 Å². The molecule has 0 aliphatic carbocycles. The number of amides is 3. The second kappa shape index (κ2) is 9.21. The van der Waals surface area contributed by atoms with Gasteiger partial charge in [0.25, 0.3) is 5.91 Å². The van der Waals surface area contributed by atoms with E-state index >= 15 is 0 Å². The lowest BCUT2D eigenvalue weighted by molar-refractivity contribution is -0.123. The van der Waals surface area contributed by atoms with Crippen LogP contribution in [0, 0.1) is 5.82 Å². The van der Waals surface area contributed by atoms with Gasteiger partial charge in [-0.15, -0.1) is 0 Å². The monoisotopic (exact) mass is 440 g/mol. The van der Waals surface area contributed by atoms with Crippen molar-refractivity contribution < 1.29 is 37.4 Å². The van der Waals surface area contributed by atoms with E-state index in [4.69, 9.17) is 18.6 Å². The third-order valence-electron chi connectivity index (χ3n) is 4.32. The third kappa shape index (κ3) is 5.04. The van der Waals surface area contributed by atoms with Gasteiger partial charge in [-0.25, -0.2) is 14.0 Å². The van der Waals surface area contributed by atoms with Crippen molar-refractivity contribution >= 4 is 23.6 Å². The molecule has 1 aliphatic rings. The highest BCUT2D eigenvalue weighted by Gasteiger charge is 2.17. The maximum absolute atomic E-state index is 13.0. The molecule has 10 heteroatoms. The molecule has 32 heavy (non-hydrogen) atoms. The molecule has 2 N–H and O–H groups in total. The summed E-state index contributed by atoms with van der Waals surface area (Å²) < 4.78 is 34.1. The van der Waals surface area contributed by atoms with Gasteiger partial charge in [-0.2, -0.15) is 0 Å². The minimum absolute atomic E-state index is 0.141. The molecule has 0 fully saturated rings. The molecule has 1 aliphatic heterocycles. The van der Waals surface area contributed by atoms with Gasteiger partial charge in [0.15, 0.2) is 18.1 Å². The van der Waals surface area contributed by atoms with E-state index in [0.717, 1.165) is 0 Å². The van der Waals surface area contributed by atoms with E-state index in [0.29, 0.717) is 41.7 Å². The van der Waals surface area contributed by atoms with Crippen LogP contribution in [0.4, 0.5) is 14.9 Å². The molecule has 9 nitrogen and oxygen atoms in total. The number of hydrogen-bond donors (Lipinski definition) is 2. The molecule has 0 saturated carbocycles. The first kappa shape index (κ1) is 20.9. The summed E-state index contributed by atoms with van der Waals surface area (Å²) in [5.41, 5.74) is 0.958. The third-order valence-corrected chi connectivity index (χ3v) is 4.32. The molecule has 2 heterocycles. The summed E-state index contributed by atoms with van der Waals surface area (Å²) in [4.78, 5) is 36.0. The van der Waals surface area contributed by atoms with E-state index in [1.807, 2.05) is 5.32 Å². The van der Waals surface area contributed by atoms with Gasteiger partial charge in [-0.05, 0) is 48.5 Å². The van der Waals surface area contributed by atoms with Crippen LogP contribution in [-0.4, -0.2) is 37.7 Å². The first-order chi connectivity index (χ1) is 15.5. The van der Waals surface area contributed by atoms with Gasteiger partial charge in [0.05, 0.1) is 0 Å². The Labute approximate surface area is 181 Å². The summed E-state index contributed by atoms with van der Waals surface area (Å²) in [5.74, 6) is -0.889. The summed E-state index contributed by atoms with van der Waals surface area (Å²) in [5, 5.41) is 4.52. The maximum Gasteiger partial charge on any atom is 0.374 e. The molecular weight excluding hydrogens is 423 g/mol. The molecule has 164 valence electrons. The number of esters is 1. The highest BCUT2D eigenvalue weighted by atomic mass is 19.1. The number of imide groups is 1. The number of halogens is 1. The van der Waals surface area contributed by atoms with Crippen LogP contribution >= 0.6 is 0 Å². The van der Waals surface area contributed by atoms with Crippen LogP contribution < -0.4 is 20.1 Å². The second-order valence-electron chi connectivity index (χ2n) is 6.61. The van der Waals surface area contributed by atoms with E-state index < -0.39 is 30.3 Å². The molecule has 0 unspecified atom stereocenters. The van der Waals surface area contributed by atoms with Gasteiger partial charge < -0.3 is 23.9 Å². The Hall–Kier alpha value is -4.34. The summed E-state index contributed by atoms with van der Waals surface area (Å²) >= 11 is 0. The number of benzene rings is 2. The number of carbonyl (C=O) groups is 3. The SMILES string of the molecule is O=C(COC(=O)c1ccc(-c2ccc(F)cc2)o1)NC(=O)Nc1ccc2c(c1)OCCO2. The van der Waals surface area contributed by atoms with E-state index in [-0.39, 0.29) is 5.76 Å². The average molecular weight is 440 g/mol. The Bertz CT molecular complexity index is 1160. The fraction of sp³-hybridized carbons (Fsp3) is 0.136. The van der Waals surface area contributed by atoms with E-state index in [1.54, 1.807) is 18.2 Å². The van der Waals surface area contributed by atoms with Crippen molar-refractivity contribution in [3.63, 3.8) is 0 Å².